The molecule has 0 spiro atoms. The molecule has 0 atom stereocenters. The molecule has 33 heavy (non-hydrogen) atoms. The van der Waals surface area contributed by atoms with Crippen molar-refractivity contribution >= 4 is 11.9 Å². The Balaban J connectivity index is 1.92. The van der Waals surface area contributed by atoms with Crippen molar-refractivity contribution in [2.75, 3.05) is 13.1 Å². The van der Waals surface area contributed by atoms with Gasteiger partial charge in [0.15, 0.2) is 5.76 Å². The smallest absolute Gasteiger partial charge is 0.232 e. The molecule has 1 N–H and O–H groups in total. The van der Waals surface area contributed by atoms with Gasteiger partial charge in [0.2, 0.25) is 5.78 Å². The second-order valence-corrected chi connectivity index (χ2v) is 10.2. The van der Waals surface area contributed by atoms with Crippen molar-refractivity contribution < 1.29 is 14.6 Å². The van der Waals surface area contributed by atoms with Gasteiger partial charge in [-0.2, -0.15) is 0 Å². The van der Waals surface area contributed by atoms with Gasteiger partial charge in [-0.25, -0.2) is 0 Å². The largest absolute Gasteiger partial charge is 0.507 e. The molecule has 178 valence electrons. The van der Waals surface area contributed by atoms with Crippen molar-refractivity contribution in [2.24, 2.45) is 0 Å². The molecule has 2 aromatic carbocycles. The van der Waals surface area contributed by atoms with E-state index in [1.807, 2.05) is 19.1 Å². The van der Waals surface area contributed by atoms with E-state index in [9.17, 15) is 9.90 Å². The van der Waals surface area contributed by atoms with Gasteiger partial charge in [-0.1, -0.05) is 71.7 Å². The van der Waals surface area contributed by atoms with Crippen LogP contribution in [0.25, 0.3) is 6.08 Å². The fourth-order valence-electron chi connectivity index (χ4n) is 4.22. The fraction of sp³-hybridized carbons (Fsp3) is 0.483. The number of hydrogen-bond acceptors (Lipinski definition) is 4. The maximum Gasteiger partial charge on any atom is 0.232 e. The molecule has 0 fully saturated rings. The van der Waals surface area contributed by atoms with E-state index >= 15 is 0 Å². The Bertz CT molecular complexity index is 1000. The monoisotopic (exact) mass is 449 g/mol. The number of phenolic OH excluding ortho intramolecular Hbond substituents is 1. The minimum Gasteiger partial charge on any atom is -0.507 e. The van der Waals surface area contributed by atoms with Gasteiger partial charge in [0, 0.05) is 6.54 Å². The van der Waals surface area contributed by atoms with Gasteiger partial charge in [0.05, 0.1) is 11.1 Å². The predicted octanol–water partition coefficient (Wildman–Crippen LogP) is 7.02. The number of ether oxygens (including phenoxy) is 1. The number of Topliss-reactive ketones (excluding diaryl/α,β-unsaturated/α-hetero) is 1. The molecule has 0 radical (unpaired) electrons. The van der Waals surface area contributed by atoms with Gasteiger partial charge < -0.3 is 9.84 Å². The van der Waals surface area contributed by atoms with E-state index in [1.165, 1.54) is 5.56 Å². The first-order valence-electron chi connectivity index (χ1n) is 12.3. The molecule has 0 aromatic heterocycles. The molecule has 0 unspecified atom stereocenters. The van der Waals surface area contributed by atoms with Crippen LogP contribution in [0.1, 0.15) is 92.9 Å². The lowest BCUT2D eigenvalue weighted by Gasteiger charge is -2.23. The van der Waals surface area contributed by atoms with Crippen LogP contribution in [-0.4, -0.2) is 28.9 Å². The fourth-order valence-corrected chi connectivity index (χ4v) is 4.22. The van der Waals surface area contributed by atoms with Crippen LogP contribution in [0.4, 0.5) is 0 Å². The number of hydrogen-bond donors (Lipinski definition) is 1. The molecule has 4 nitrogen and oxygen atoms in total. The number of ketones is 1. The third kappa shape index (κ3) is 5.86. The van der Waals surface area contributed by atoms with Crippen LogP contribution >= 0.6 is 0 Å². The minimum absolute atomic E-state index is 0.0759. The van der Waals surface area contributed by atoms with Crippen LogP contribution in [0.5, 0.6) is 11.5 Å². The van der Waals surface area contributed by atoms with Crippen molar-refractivity contribution in [3.63, 3.8) is 0 Å². The third-order valence-electron chi connectivity index (χ3n) is 6.33. The van der Waals surface area contributed by atoms with E-state index in [4.69, 9.17) is 4.74 Å². The van der Waals surface area contributed by atoms with Crippen LogP contribution in [0.3, 0.4) is 0 Å². The molecular formula is C29H39NO3. The predicted molar refractivity (Wildman–Crippen MR) is 136 cm³/mol. The number of carbonyl (C=O) groups excluding carboxylic acids is 1. The zero-order chi connectivity index (χ0) is 24.2. The Kier molecular flexibility index (Phi) is 8.01. The Morgan fingerprint density at radius 2 is 1.64 bits per heavy atom. The van der Waals surface area contributed by atoms with E-state index in [1.54, 1.807) is 12.1 Å². The summed E-state index contributed by atoms with van der Waals surface area (Å²) in [5.74, 6) is 0.926. The molecule has 2 aromatic rings. The third-order valence-corrected chi connectivity index (χ3v) is 6.33. The van der Waals surface area contributed by atoms with E-state index in [0.717, 1.165) is 49.9 Å². The Hall–Kier alpha value is -2.59. The second kappa shape index (κ2) is 10.6. The first kappa shape index (κ1) is 25.0. The first-order valence-corrected chi connectivity index (χ1v) is 12.3. The van der Waals surface area contributed by atoms with E-state index < -0.39 is 0 Å². The van der Waals surface area contributed by atoms with Crippen LogP contribution in [0.2, 0.25) is 0 Å². The van der Waals surface area contributed by atoms with E-state index in [2.05, 4.69) is 51.7 Å². The number of rotatable bonds is 9. The summed E-state index contributed by atoms with van der Waals surface area (Å²) in [4.78, 5) is 15.6. The Morgan fingerprint density at radius 3 is 2.18 bits per heavy atom. The summed E-state index contributed by atoms with van der Waals surface area (Å²) in [5, 5.41) is 10.8. The zero-order valence-corrected chi connectivity index (χ0v) is 21.1. The molecule has 0 aliphatic carbocycles. The average Bonchev–Trinajstić information content (AvgIpc) is 3.08. The van der Waals surface area contributed by atoms with Crippen molar-refractivity contribution in [3.05, 3.63) is 63.9 Å². The van der Waals surface area contributed by atoms with E-state index in [-0.39, 0.29) is 16.9 Å². The van der Waals surface area contributed by atoms with Crippen LogP contribution < -0.4 is 4.74 Å². The summed E-state index contributed by atoms with van der Waals surface area (Å²) in [6.45, 7) is 15.3. The summed E-state index contributed by atoms with van der Waals surface area (Å²) in [5.41, 5.74) is 4.28. The number of unbranched alkanes of at least 4 members (excludes halogenated alkanes) is 2. The normalized spacial score (nSPS) is 14.8. The highest BCUT2D eigenvalue weighted by Crippen LogP contribution is 2.42. The van der Waals surface area contributed by atoms with Gasteiger partial charge in [0.25, 0.3) is 0 Å². The molecule has 4 heteroatoms. The highest BCUT2D eigenvalue weighted by molar-refractivity contribution is 6.15. The highest BCUT2D eigenvalue weighted by atomic mass is 16.5. The number of aromatic hydroxyl groups is 1. The molecular weight excluding hydrogens is 410 g/mol. The molecule has 0 saturated heterocycles. The first-order chi connectivity index (χ1) is 15.7. The highest BCUT2D eigenvalue weighted by Gasteiger charge is 2.33. The summed E-state index contributed by atoms with van der Waals surface area (Å²) in [6.07, 6.45) is 6.26. The number of nitrogens with zero attached hydrogens (tertiary/aromatic N) is 1. The van der Waals surface area contributed by atoms with Crippen molar-refractivity contribution in [2.45, 2.75) is 79.2 Å². The van der Waals surface area contributed by atoms with Crippen molar-refractivity contribution in [1.29, 1.82) is 0 Å². The number of carbonyl (C=O) groups is 1. The van der Waals surface area contributed by atoms with Crippen molar-refractivity contribution in [3.8, 4) is 11.5 Å². The van der Waals surface area contributed by atoms with E-state index in [0.29, 0.717) is 29.2 Å². The zero-order valence-electron chi connectivity index (χ0n) is 21.1. The summed E-state index contributed by atoms with van der Waals surface area (Å²) >= 11 is 0. The maximum atomic E-state index is 13.3. The number of aryl methyl sites for hydroxylation is 1. The second-order valence-electron chi connectivity index (χ2n) is 10.2. The lowest BCUT2D eigenvalue weighted by molar-refractivity contribution is 0.101. The molecule has 1 heterocycles. The molecule has 1 aliphatic heterocycles. The van der Waals surface area contributed by atoms with Crippen LogP contribution in [-0.2, 0) is 12.0 Å². The quantitative estimate of drug-likeness (QED) is 0.418. The van der Waals surface area contributed by atoms with Gasteiger partial charge >= 0.3 is 0 Å². The van der Waals surface area contributed by atoms with Gasteiger partial charge in [0.1, 0.15) is 11.5 Å². The lowest BCUT2D eigenvalue weighted by Crippen LogP contribution is -2.26. The van der Waals surface area contributed by atoms with Gasteiger partial charge in [-0.05, 0) is 67.1 Å². The van der Waals surface area contributed by atoms with Crippen LogP contribution in [0, 0.1) is 6.92 Å². The Morgan fingerprint density at radius 1 is 1.03 bits per heavy atom. The average molecular weight is 450 g/mol. The molecule has 0 saturated carbocycles. The van der Waals surface area contributed by atoms with Crippen molar-refractivity contribution in [1.82, 2.24) is 4.90 Å². The summed E-state index contributed by atoms with van der Waals surface area (Å²) < 4.78 is 6.15. The minimum atomic E-state index is -0.114. The summed E-state index contributed by atoms with van der Waals surface area (Å²) in [7, 11) is 0. The maximum absolute atomic E-state index is 13.3. The van der Waals surface area contributed by atoms with Crippen LogP contribution in [0.15, 0.2) is 36.1 Å². The van der Waals surface area contributed by atoms with Gasteiger partial charge in [-0.15, -0.1) is 0 Å². The lowest BCUT2D eigenvalue weighted by atomic mass is 9.86. The number of benzene rings is 2. The topological polar surface area (TPSA) is 49.8 Å². The SMILES string of the molecule is CCCCN(CCCC)Cc1c(O)cc(C)c2c1O/C(=C/c1ccc(C(C)(C)C)cc1)C2=O. The Labute approximate surface area is 199 Å². The molecule has 3 rings (SSSR count). The molecule has 0 bridgehead atoms. The molecule has 0 amide bonds. The summed E-state index contributed by atoms with van der Waals surface area (Å²) in [6, 6.07) is 9.95. The number of allylic oxidation sites excluding steroid dienone is 1. The van der Waals surface area contributed by atoms with Gasteiger partial charge in [-0.3, -0.25) is 9.69 Å². The molecule has 1 aliphatic rings. The number of fused-ring (bicyclic) bond motifs is 1. The standard InChI is InChI=1S/C29H39NO3/c1-7-9-15-30(16-10-8-2)19-23-24(31)17-20(3)26-27(32)25(33-28(23)26)18-21-11-13-22(14-12-21)29(4,5)6/h11-14,17-18,31H,7-10,15-16,19H2,1-6H3/b25-18+. The number of phenols is 1.